The minimum absolute atomic E-state index is 0.0987. The number of hydrogen-bond donors (Lipinski definition) is 2. The van der Waals surface area contributed by atoms with Gasteiger partial charge in [-0.05, 0) is 47.9 Å². The molecule has 0 bridgehead atoms. The van der Waals surface area contributed by atoms with E-state index in [4.69, 9.17) is 0 Å². The highest BCUT2D eigenvalue weighted by molar-refractivity contribution is 6.05. The lowest BCUT2D eigenvalue weighted by atomic mass is 10.0. The Kier molecular flexibility index (Phi) is 7.75. The number of hydrazone groups is 1. The Morgan fingerprint density at radius 3 is 2.06 bits per heavy atom. The van der Waals surface area contributed by atoms with Crippen molar-refractivity contribution in [3.05, 3.63) is 84.4 Å². The predicted octanol–water partition coefficient (Wildman–Crippen LogP) is 4.48. The Morgan fingerprint density at radius 1 is 0.812 bits per heavy atom. The molecule has 0 aliphatic heterocycles. The molecule has 3 rings (SSSR count). The van der Waals surface area contributed by atoms with Crippen molar-refractivity contribution < 1.29 is 9.59 Å². The Hall–Kier alpha value is -3.93. The summed E-state index contributed by atoms with van der Waals surface area (Å²) in [5.41, 5.74) is 7.97. The van der Waals surface area contributed by atoms with Crippen LogP contribution < -0.4 is 15.6 Å². The quantitative estimate of drug-likeness (QED) is 0.410. The van der Waals surface area contributed by atoms with E-state index < -0.39 is 0 Å². The summed E-state index contributed by atoms with van der Waals surface area (Å²) in [5.74, 6) is -0.411. The van der Waals surface area contributed by atoms with Crippen molar-refractivity contribution in [1.29, 1.82) is 0 Å². The molecule has 0 saturated heterocycles. The minimum atomic E-state index is -0.225. The van der Waals surface area contributed by atoms with Gasteiger partial charge in [0, 0.05) is 31.2 Å². The molecule has 0 spiro atoms. The number of benzene rings is 3. The summed E-state index contributed by atoms with van der Waals surface area (Å²) in [6.07, 6.45) is 0.317. The van der Waals surface area contributed by atoms with Crippen molar-refractivity contribution in [2.24, 2.45) is 5.10 Å². The molecule has 0 radical (unpaired) electrons. The molecule has 3 aromatic rings. The smallest absolute Gasteiger partial charge is 0.244 e. The average molecular weight is 429 g/mol. The van der Waals surface area contributed by atoms with Gasteiger partial charge in [0.15, 0.2) is 0 Å². The van der Waals surface area contributed by atoms with E-state index in [9.17, 15) is 9.59 Å². The van der Waals surface area contributed by atoms with Crippen molar-refractivity contribution in [3.63, 3.8) is 0 Å². The van der Waals surface area contributed by atoms with E-state index in [-0.39, 0.29) is 24.7 Å². The lowest BCUT2D eigenvalue weighted by Crippen LogP contribution is -2.22. The number of rotatable bonds is 8. The van der Waals surface area contributed by atoms with Crippen LogP contribution in [0.4, 0.5) is 11.4 Å². The van der Waals surface area contributed by atoms with Gasteiger partial charge in [0.2, 0.25) is 11.8 Å². The van der Waals surface area contributed by atoms with Crippen LogP contribution in [0.25, 0.3) is 11.1 Å². The number of hydrogen-bond acceptors (Lipinski definition) is 4. The Balaban J connectivity index is 1.46. The van der Waals surface area contributed by atoms with Crippen LogP contribution in [-0.2, 0) is 16.0 Å². The largest absolute Gasteiger partial charge is 0.378 e. The van der Waals surface area contributed by atoms with Gasteiger partial charge in [-0.25, -0.2) is 5.43 Å². The first kappa shape index (κ1) is 22.7. The Bertz CT molecular complexity index is 1070. The third kappa shape index (κ3) is 6.80. The number of nitrogens with zero attached hydrogens (tertiary/aromatic N) is 2. The molecule has 6 heteroatoms. The maximum absolute atomic E-state index is 12.2. The molecule has 164 valence electrons. The summed E-state index contributed by atoms with van der Waals surface area (Å²) in [6.45, 7) is 1.71. The number of nitrogens with one attached hydrogen (secondary N) is 2. The summed E-state index contributed by atoms with van der Waals surface area (Å²) >= 11 is 0. The van der Waals surface area contributed by atoms with Gasteiger partial charge in [0.25, 0.3) is 0 Å². The van der Waals surface area contributed by atoms with Crippen LogP contribution >= 0.6 is 0 Å². The minimum Gasteiger partial charge on any atom is -0.378 e. The molecule has 0 atom stereocenters. The lowest BCUT2D eigenvalue weighted by Gasteiger charge is -2.13. The fourth-order valence-electron chi connectivity index (χ4n) is 3.15. The van der Waals surface area contributed by atoms with Crippen molar-refractivity contribution in [2.45, 2.75) is 19.8 Å². The van der Waals surface area contributed by atoms with Crippen molar-refractivity contribution in [3.8, 4) is 11.1 Å². The summed E-state index contributed by atoms with van der Waals surface area (Å²) < 4.78 is 0. The van der Waals surface area contributed by atoms with Crippen LogP contribution in [0.5, 0.6) is 0 Å². The van der Waals surface area contributed by atoms with E-state index in [1.54, 1.807) is 6.92 Å². The van der Waals surface area contributed by atoms with Gasteiger partial charge in [-0.1, -0.05) is 54.6 Å². The molecule has 2 N–H and O–H groups in total. The van der Waals surface area contributed by atoms with Crippen LogP contribution in [0.15, 0.2) is 84.0 Å². The SMILES string of the molecule is C/C(CC(=O)Nc1ccc(N(C)C)cc1)=N/NC(=O)Cc1ccc(-c2ccccc2)cc1. The third-order valence-corrected chi connectivity index (χ3v) is 4.88. The number of anilines is 2. The molecule has 0 unspecified atom stereocenters. The second-order valence-electron chi connectivity index (χ2n) is 7.79. The van der Waals surface area contributed by atoms with Gasteiger partial charge in [0.1, 0.15) is 0 Å². The van der Waals surface area contributed by atoms with E-state index in [0.717, 1.165) is 28.1 Å². The van der Waals surface area contributed by atoms with Gasteiger partial charge >= 0.3 is 0 Å². The Labute approximate surface area is 189 Å². The molecule has 3 aromatic carbocycles. The molecule has 2 amide bonds. The predicted molar refractivity (Wildman–Crippen MR) is 131 cm³/mol. The van der Waals surface area contributed by atoms with Crippen LogP contribution in [0.2, 0.25) is 0 Å². The topological polar surface area (TPSA) is 73.8 Å². The summed E-state index contributed by atoms with van der Waals surface area (Å²) in [6, 6.07) is 25.5. The molecule has 0 saturated carbocycles. The maximum atomic E-state index is 12.2. The van der Waals surface area contributed by atoms with E-state index in [1.807, 2.05) is 97.9 Å². The fraction of sp³-hybridized carbons (Fsp3) is 0.192. The molecular weight excluding hydrogens is 400 g/mol. The molecule has 0 heterocycles. The molecule has 32 heavy (non-hydrogen) atoms. The highest BCUT2D eigenvalue weighted by Gasteiger charge is 2.07. The zero-order chi connectivity index (χ0) is 22.9. The van der Waals surface area contributed by atoms with Crippen LogP contribution in [0.1, 0.15) is 18.9 Å². The van der Waals surface area contributed by atoms with Crippen LogP contribution in [-0.4, -0.2) is 31.6 Å². The number of amides is 2. The molecule has 6 nitrogen and oxygen atoms in total. The lowest BCUT2D eigenvalue weighted by molar-refractivity contribution is -0.120. The van der Waals surface area contributed by atoms with E-state index >= 15 is 0 Å². The van der Waals surface area contributed by atoms with Crippen molar-refractivity contribution >= 4 is 28.9 Å². The standard InChI is InChI=1S/C26H28N4O2/c1-19(17-25(31)27-23-13-15-24(16-14-23)30(2)3)28-29-26(32)18-20-9-11-22(12-10-20)21-7-5-4-6-8-21/h4-16H,17-18H2,1-3H3,(H,27,31)(H,29,32)/b28-19-. The van der Waals surface area contributed by atoms with Gasteiger partial charge in [-0.2, -0.15) is 5.10 Å². The van der Waals surface area contributed by atoms with Crippen molar-refractivity contribution in [1.82, 2.24) is 5.43 Å². The normalized spacial score (nSPS) is 11.0. The molecule has 0 fully saturated rings. The number of carbonyl (C=O) groups is 2. The average Bonchev–Trinajstić information content (AvgIpc) is 2.79. The van der Waals surface area contributed by atoms with Crippen LogP contribution in [0.3, 0.4) is 0 Å². The zero-order valence-corrected chi connectivity index (χ0v) is 18.6. The first-order valence-corrected chi connectivity index (χ1v) is 10.4. The Morgan fingerprint density at radius 2 is 1.44 bits per heavy atom. The van der Waals surface area contributed by atoms with E-state index in [1.165, 1.54) is 0 Å². The fourth-order valence-corrected chi connectivity index (χ4v) is 3.15. The molecule has 0 aliphatic rings. The van der Waals surface area contributed by atoms with Gasteiger partial charge < -0.3 is 10.2 Å². The molecule has 0 aliphatic carbocycles. The third-order valence-electron chi connectivity index (χ3n) is 4.88. The molecule has 0 aromatic heterocycles. The van der Waals surface area contributed by atoms with Crippen LogP contribution in [0, 0.1) is 0 Å². The highest BCUT2D eigenvalue weighted by Crippen LogP contribution is 2.19. The summed E-state index contributed by atoms with van der Waals surface area (Å²) in [4.78, 5) is 26.4. The molecular formula is C26H28N4O2. The maximum Gasteiger partial charge on any atom is 0.244 e. The highest BCUT2D eigenvalue weighted by atomic mass is 16.2. The second kappa shape index (κ2) is 10.9. The van der Waals surface area contributed by atoms with E-state index in [0.29, 0.717) is 5.71 Å². The second-order valence-corrected chi connectivity index (χ2v) is 7.79. The van der Waals surface area contributed by atoms with Gasteiger partial charge in [-0.15, -0.1) is 0 Å². The summed E-state index contributed by atoms with van der Waals surface area (Å²) in [5, 5.41) is 6.89. The zero-order valence-electron chi connectivity index (χ0n) is 18.6. The van der Waals surface area contributed by atoms with E-state index in [2.05, 4.69) is 15.8 Å². The first-order valence-electron chi connectivity index (χ1n) is 10.4. The van der Waals surface area contributed by atoms with Gasteiger partial charge in [-0.3, -0.25) is 9.59 Å². The monoisotopic (exact) mass is 428 g/mol. The number of carbonyl (C=O) groups excluding carboxylic acids is 2. The first-order chi connectivity index (χ1) is 15.4. The van der Waals surface area contributed by atoms with Gasteiger partial charge in [0.05, 0.1) is 12.8 Å². The summed E-state index contributed by atoms with van der Waals surface area (Å²) in [7, 11) is 3.92. The van der Waals surface area contributed by atoms with Crippen molar-refractivity contribution in [2.75, 3.05) is 24.3 Å².